The Hall–Kier alpha value is -1.40. The second kappa shape index (κ2) is 5.93. The summed E-state index contributed by atoms with van der Waals surface area (Å²) in [5.41, 5.74) is 9.43. The van der Waals surface area contributed by atoms with Crippen LogP contribution in [0.4, 0.5) is 5.69 Å². The number of hydrogen-bond acceptors (Lipinski definition) is 4. The molecule has 0 fully saturated rings. The lowest BCUT2D eigenvalue weighted by Crippen LogP contribution is -2.16. The molecule has 0 aliphatic rings. The highest BCUT2D eigenvalue weighted by molar-refractivity contribution is 9.10. The Morgan fingerprint density at radius 2 is 2.15 bits per heavy atom. The Balaban J connectivity index is 2.36. The quantitative estimate of drug-likeness (QED) is 0.817. The van der Waals surface area contributed by atoms with Crippen LogP contribution in [0.25, 0.3) is 0 Å². The van der Waals surface area contributed by atoms with Crippen LogP contribution >= 0.6 is 28.1 Å². The first-order chi connectivity index (χ1) is 9.41. The Labute approximate surface area is 131 Å². The molecule has 0 saturated carbocycles. The molecular formula is C14H16BrN3OS. The summed E-state index contributed by atoms with van der Waals surface area (Å²) in [6.45, 7) is 5.89. The summed E-state index contributed by atoms with van der Waals surface area (Å²) in [7, 11) is 0. The van der Waals surface area contributed by atoms with Crippen molar-refractivity contribution in [2.45, 2.75) is 26.8 Å². The molecule has 1 unspecified atom stereocenters. The first-order valence-corrected chi connectivity index (χ1v) is 7.39. The van der Waals surface area contributed by atoms with Crippen LogP contribution in [0.1, 0.15) is 35.5 Å². The number of rotatable bonds is 4. The van der Waals surface area contributed by atoms with Crippen molar-refractivity contribution in [1.29, 1.82) is 0 Å². The van der Waals surface area contributed by atoms with E-state index in [1.165, 1.54) is 0 Å². The number of aryl methyl sites for hydroxylation is 2. The maximum absolute atomic E-state index is 5.80. The number of nitrogens with one attached hydrogen (secondary N) is 1. The van der Waals surface area contributed by atoms with Gasteiger partial charge in [-0.3, -0.25) is 0 Å². The van der Waals surface area contributed by atoms with Crippen molar-refractivity contribution in [3.05, 3.63) is 45.3 Å². The van der Waals surface area contributed by atoms with Gasteiger partial charge in [0.05, 0.1) is 11.7 Å². The summed E-state index contributed by atoms with van der Waals surface area (Å²) >= 11 is 8.60. The normalized spacial score (nSPS) is 12.2. The second-order valence-corrected chi connectivity index (χ2v) is 5.92. The van der Waals surface area contributed by atoms with Crippen LogP contribution in [0.5, 0.6) is 0 Å². The number of nitrogens with two attached hydrogens (primary N) is 1. The smallest absolute Gasteiger partial charge is 0.139 e. The van der Waals surface area contributed by atoms with E-state index in [0.717, 1.165) is 32.7 Å². The van der Waals surface area contributed by atoms with E-state index in [4.69, 9.17) is 22.5 Å². The molecule has 0 spiro atoms. The molecule has 1 aromatic heterocycles. The Kier molecular flexibility index (Phi) is 4.45. The summed E-state index contributed by atoms with van der Waals surface area (Å²) in [5, 5.41) is 7.40. The van der Waals surface area contributed by atoms with Gasteiger partial charge in [0.25, 0.3) is 0 Å². The molecule has 0 saturated heterocycles. The van der Waals surface area contributed by atoms with E-state index in [-0.39, 0.29) is 6.04 Å². The summed E-state index contributed by atoms with van der Waals surface area (Å²) in [5.74, 6) is 0.814. The molecule has 0 aliphatic carbocycles. The van der Waals surface area contributed by atoms with Gasteiger partial charge < -0.3 is 15.6 Å². The highest BCUT2D eigenvalue weighted by Gasteiger charge is 2.18. The molecule has 2 rings (SSSR count). The van der Waals surface area contributed by atoms with Gasteiger partial charge in [0.15, 0.2) is 0 Å². The van der Waals surface area contributed by atoms with E-state index < -0.39 is 0 Å². The zero-order chi connectivity index (χ0) is 14.9. The minimum Gasteiger partial charge on any atom is -0.389 e. The highest BCUT2D eigenvalue weighted by atomic mass is 79.9. The largest absolute Gasteiger partial charge is 0.389 e. The second-order valence-electron chi connectivity index (χ2n) is 4.63. The van der Waals surface area contributed by atoms with E-state index in [1.54, 1.807) is 0 Å². The zero-order valence-corrected chi connectivity index (χ0v) is 13.9. The van der Waals surface area contributed by atoms with E-state index in [2.05, 4.69) is 33.3 Å². The standard InChI is InChI=1S/C14H16BrN3OS/c1-7(12-8(2)18-19-9(12)3)17-11-6-4-5-10(15)13(11)14(16)20/h4-7,17H,1-3H3,(H2,16,20). The Bertz CT molecular complexity index is 634. The van der Waals surface area contributed by atoms with Gasteiger partial charge in [0.1, 0.15) is 10.7 Å². The van der Waals surface area contributed by atoms with Crippen LogP contribution in [-0.2, 0) is 0 Å². The Morgan fingerprint density at radius 3 is 2.70 bits per heavy atom. The number of halogens is 1. The molecule has 3 N–H and O–H groups in total. The van der Waals surface area contributed by atoms with Crippen LogP contribution in [0.3, 0.4) is 0 Å². The fraction of sp³-hybridized carbons (Fsp3) is 0.286. The first kappa shape index (κ1) is 15.0. The lowest BCUT2D eigenvalue weighted by Gasteiger charge is -2.18. The highest BCUT2D eigenvalue weighted by Crippen LogP contribution is 2.30. The fourth-order valence-electron chi connectivity index (χ4n) is 2.31. The van der Waals surface area contributed by atoms with Crippen molar-refractivity contribution < 1.29 is 4.52 Å². The van der Waals surface area contributed by atoms with Gasteiger partial charge in [-0.15, -0.1) is 0 Å². The molecule has 1 atom stereocenters. The molecule has 1 heterocycles. The van der Waals surface area contributed by atoms with Crippen LogP contribution in [-0.4, -0.2) is 10.1 Å². The molecule has 0 radical (unpaired) electrons. The third-order valence-electron chi connectivity index (χ3n) is 3.15. The summed E-state index contributed by atoms with van der Waals surface area (Å²) in [4.78, 5) is 0.353. The minimum absolute atomic E-state index is 0.0450. The minimum atomic E-state index is 0.0450. The molecule has 2 aromatic rings. The van der Waals surface area contributed by atoms with Crippen LogP contribution in [0.15, 0.2) is 27.2 Å². The topological polar surface area (TPSA) is 64.1 Å². The van der Waals surface area contributed by atoms with Gasteiger partial charge in [0.2, 0.25) is 0 Å². The Morgan fingerprint density at radius 1 is 1.45 bits per heavy atom. The van der Waals surface area contributed by atoms with Crippen molar-refractivity contribution in [2.75, 3.05) is 5.32 Å². The van der Waals surface area contributed by atoms with Crippen molar-refractivity contribution in [3.63, 3.8) is 0 Å². The van der Waals surface area contributed by atoms with Gasteiger partial charge in [-0.25, -0.2) is 0 Å². The number of benzene rings is 1. The monoisotopic (exact) mass is 353 g/mol. The number of hydrogen-bond donors (Lipinski definition) is 2. The number of anilines is 1. The zero-order valence-electron chi connectivity index (χ0n) is 11.5. The molecule has 106 valence electrons. The number of aromatic nitrogens is 1. The van der Waals surface area contributed by atoms with Crippen molar-refractivity contribution >= 4 is 38.8 Å². The average molecular weight is 354 g/mol. The lowest BCUT2D eigenvalue weighted by molar-refractivity contribution is 0.392. The summed E-state index contributed by atoms with van der Waals surface area (Å²) in [6.07, 6.45) is 0. The molecule has 1 aromatic carbocycles. The number of thiocarbonyl (C=S) groups is 1. The van der Waals surface area contributed by atoms with E-state index >= 15 is 0 Å². The fourth-order valence-corrected chi connectivity index (χ4v) is 3.24. The van der Waals surface area contributed by atoms with Crippen molar-refractivity contribution in [3.8, 4) is 0 Å². The third kappa shape index (κ3) is 2.86. The molecule has 0 bridgehead atoms. The van der Waals surface area contributed by atoms with Crippen LogP contribution in [0, 0.1) is 13.8 Å². The van der Waals surface area contributed by atoms with Gasteiger partial charge in [-0.1, -0.05) is 23.4 Å². The van der Waals surface area contributed by atoms with E-state index in [0.29, 0.717) is 4.99 Å². The molecule has 6 heteroatoms. The predicted octanol–water partition coefficient (Wildman–Crippen LogP) is 3.86. The van der Waals surface area contributed by atoms with Crippen LogP contribution < -0.4 is 11.1 Å². The molecule has 4 nitrogen and oxygen atoms in total. The van der Waals surface area contributed by atoms with Gasteiger partial charge in [-0.05, 0) is 48.8 Å². The van der Waals surface area contributed by atoms with Gasteiger partial charge >= 0.3 is 0 Å². The van der Waals surface area contributed by atoms with Crippen molar-refractivity contribution in [2.24, 2.45) is 5.73 Å². The average Bonchev–Trinajstić information content (AvgIpc) is 2.68. The maximum atomic E-state index is 5.80. The van der Waals surface area contributed by atoms with Crippen LogP contribution in [0.2, 0.25) is 0 Å². The van der Waals surface area contributed by atoms with Crippen molar-refractivity contribution in [1.82, 2.24) is 5.16 Å². The predicted molar refractivity (Wildman–Crippen MR) is 88.0 cm³/mol. The lowest BCUT2D eigenvalue weighted by atomic mass is 10.1. The van der Waals surface area contributed by atoms with Gasteiger partial charge in [0, 0.05) is 21.3 Å². The molecule has 20 heavy (non-hydrogen) atoms. The molecule has 0 amide bonds. The van der Waals surface area contributed by atoms with E-state index in [9.17, 15) is 0 Å². The summed E-state index contributed by atoms with van der Waals surface area (Å²) < 4.78 is 6.08. The molecule has 0 aliphatic heterocycles. The molecular weight excluding hydrogens is 338 g/mol. The first-order valence-electron chi connectivity index (χ1n) is 6.19. The SMILES string of the molecule is Cc1noc(C)c1C(C)Nc1cccc(Br)c1C(N)=S. The summed E-state index contributed by atoms with van der Waals surface area (Å²) in [6, 6.07) is 5.85. The maximum Gasteiger partial charge on any atom is 0.139 e. The third-order valence-corrected chi connectivity index (χ3v) is 4.02. The number of nitrogens with zero attached hydrogens (tertiary/aromatic N) is 1. The van der Waals surface area contributed by atoms with Gasteiger partial charge in [-0.2, -0.15) is 0 Å². The van der Waals surface area contributed by atoms with E-state index in [1.807, 2.05) is 32.0 Å².